The third-order valence-corrected chi connectivity index (χ3v) is 3.76. The van der Waals surface area contributed by atoms with E-state index in [1.807, 2.05) is 0 Å². The van der Waals surface area contributed by atoms with Gasteiger partial charge in [0.25, 0.3) is 5.91 Å². The largest absolute Gasteiger partial charge is 0.348 e. The molecule has 0 radical (unpaired) electrons. The number of hydrogen-bond acceptors (Lipinski definition) is 3. The van der Waals surface area contributed by atoms with E-state index in [2.05, 4.69) is 29.1 Å². The van der Waals surface area contributed by atoms with E-state index >= 15 is 0 Å². The van der Waals surface area contributed by atoms with Crippen molar-refractivity contribution in [2.24, 2.45) is 11.7 Å². The van der Waals surface area contributed by atoms with Crippen LogP contribution in [0.2, 0.25) is 0 Å². The average Bonchev–Trinajstić information content (AvgIpc) is 2.48. The van der Waals surface area contributed by atoms with Crippen molar-refractivity contribution >= 4 is 5.91 Å². The molecule has 4 heteroatoms. The molecule has 0 spiro atoms. The molecule has 2 atom stereocenters. The summed E-state index contributed by atoms with van der Waals surface area (Å²) in [5.41, 5.74) is 6.53. The number of nitrogens with zero attached hydrogens (tertiary/aromatic N) is 1. The predicted octanol–water partition coefficient (Wildman–Crippen LogP) is 1.70. The van der Waals surface area contributed by atoms with Gasteiger partial charge in [0.05, 0.1) is 6.54 Å². The first-order chi connectivity index (χ1) is 9.70. The standard InChI is InChI=1S/C16H21N3O/c1-12-5-2-3-7-14(12)19-16(20)15-9-8-13(11-18-15)6-4-10-17/h8-9,11-12,14H,2-3,5,7,10,17H2,1H3,(H,19,20). The van der Waals surface area contributed by atoms with E-state index in [0.717, 1.165) is 12.0 Å². The summed E-state index contributed by atoms with van der Waals surface area (Å²) in [6.45, 7) is 2.52. The topological polar surface area (TPSA) is 68.0 Å². The van der Waals surface area contributed by atoms with Crippen LogP contribution in [0, 0.1) is 17.8 Å². The molecule has 1 fully saturated rings. The molecule has 3 N–H and O–H groups in total. The second-order valence-corrected chi connectivity index (χ2v) is 5.28. The van der Waals surface area contributed by atoms with Gasteiger partial charge >= 0.3 is 0 Å². The van der Waals surface area contributed by atoms with Gasteiger partial charge in [-0.2, -0.15) is 0 Å². The van der Waals surface area contributed by atoms with Gasteiger partial charge in [0.1, 0.15) is 5.69 Å². The Bertz CT molecular complexity index is 513. The highest BCUT2D eigenvalue weighted by atomic mass is 16.1. The van der Waals surface area contributed by atoms with E-state index in [0.29, 0.717) is 18.2 Å². The quantitative estimate of drug-likeness (QED) is 0.804. The molecule has 1 amide bonds. The molecule has 106 valence electrons. The number of nitrogens with one attached hydrogen (secondary N) is 1. The van der Waals surface area contributed by atoms with Crippen molar-refractivity contribution in [1.82, 2.24) is 10.3 Å². The van der Waals surface area contributed by atoms with Gasteiger partial charge in [0.2, 0.25) is 0 Å². The zero-order valence-electron chi connectivity index (χ0n) is 11.9. The first kappa shape index (κ1) is 14.5. The van der Waals surface area contributed by atoms with Gasteiger partial charge < -0.3 is 11.1 Å². The summed E-state index contributed by atoms with van der Waals surface area (Å²) < 4.78 is 0. The molecule has 4 nitrogen and oxygen atoms in total. The summed E-state index contributed by atoms with van der Waals surface area (Å²) in [5, 5.41) is 3.09. The van der Waals surface area contributed by atoms with Gasteiger partial charge in [-0.1, -0.05) is 31.6 Å². The van der Waals surface area contributed by atoms with Gasteiger partial charge in [0.15, 0.2) is 0 Å². The summed E-state index contributed by atoms with van der Waals surface area (Å²) >= 11 is 0. The Labute approximate surface area is 120 Å². The molecule has 1 heterocycles. The third kappa shape index (κ3) is 3.82. The smallest absolute Gasteiger partial charge is 0.270 e. The van der Waals surface area contributed by atoms with E-state index in [9.17, 15) is 4.79 Å². The molecule has 1 aliphatic rings. The monoisotopic (exact) mass is 271 g/mol. The Morgan fingerprint density at radius 3 is 2.90 bits per heavy atom. The van der Waals surface area contributed by atoms with Crippen molar-refractivity contribution in [1.29, 1.82) is 0 Å². The van der Waals surface area contributed by atoms with Crippen LogP contribution in [0.5, 0.6) is 0 Å². The molecular weight excluding hydrogens is 250 g/mol. The zero-order valence-corrected chi connectivity index (χ0v) is 11.9. The molecule has 1 aromatic rings. The minimum atomic E-state index is -0.0953. The number of pyridine rings is 1. The van der Waals surface area contributed by atoms with E-state index < -0.39 is 0 Å². The number of amides is 1. The maximum atomic E-state index is 12.2. The van der Waals surface area contributed by atoms with E-state index in [1.165, 1.54) is 19.3 Å². The normalized spacial score (nSPS) is 21.7. The third-order valence-electron chi connectivity index (χ3n) is 3.76. The minimum Gasteiger partial charge on any atom is -0.348 e. The van der Waals surface area contributed by atoms with E-state index in [4.69, 9.17) is 5.73 Å². The molecule has 1 aromatic heterocycles. The number of carbonyl (C=O) groups is 1. The van der Waals surface area contributed by atoms with Crippen LogP contribution in [0.3, 0.4) is 0 Å². The van der Waals surface area contributed by atoms with Crippen molar-refractivity contribution in [3.63, 3.8) is 0 Å². The molecule has 0 saturated heterocycles. The van der Waals surface area contributed by atoms with Crippen molar-refractivity contribution < 1.29 is 4.79 Å². The molecule has 0 aromatic carbocycles. The predicted molar refractivity (Wildman–Crippen MR) is 79.1 cm³/mol. The Balaban J connectivity index is 1.98. The maximum Gasteiger partial charge on any atom is 0.270 e. The molecule has 2 unspecified atom stereocenters. The summed E-state index contributed by atoms with van der Waals surface area (Å²) in [6.07, 6.45) is 6.32. The Morgan fingerprint density at radius 2 is 2.25 bits per heavy atom. The average molecular weight is 271 g/mol. The first-order valence-corrected chi connectivity index (χ1v) is 7.16. The highest BCUT2D eigenvalue weighted by Crippen LogP contribution is 2.23. The van der Waals surface area contributed by atoms with Gasteiger partial charge in [-0.05, 0) is 30.9 Å². The molecule has 1 saturated carbocycles. The maximum absolute atomic E-state index is 12.2. The molecule has 0 aliphatic heterocycles. The summed E-state index contributed by atoms with van der Waals surface area (Å²) in [4.78, 5) is 16.3. The molecule has 0 bridgehead atoms. The number of rotatable bonds is 2. The summed E-state index contributed by atoms with van der Waals surface area (Å²) in [7, 11) is 0. The Morgan fingerprint density at radius 1 is 1.45 bits per heavy atom. The lowest BCUT2D eigenvalue weighted by atomic mass is 9.86. The van der Waals surface area contributed by atoms with Crippen LogP contribution in [0.25, 0.3) is 0 Å². The van der Waals surface area contributed by atoms with E-state index in [1.54, 1.807) is 18.3 Å². The van der Waals surface area contributed by atoms with Gasteiger partial charge in [0, 0.05) is 17.8 Å². The second-order valence-electron chi connectivity index (χ2n) is 5.28. The van der Waals surface area contributed by atoms with Crippen LogP contribution >= 0.6 is 0 Å². The van der Waals surface area contributed by atoms with Crippen LogP contribution < -0.4 is 11.1 Å². The first-order valence-electron chi connectivity index (χ1n) is 7.16. The van der Waals surface area contributed by atoms with Gasteiger partial charge in [-0.25, -0.2) is 4.98 Å². The summed E-state index contributed by atoms with van der Waals surface area (Å²) in [6, 6.07) is 3.79. The lowest BCUT2D eigenvalue weighted by Crippen LogP contribution is -2.41. The van der Waals surface area contributed by atoms with Crippen LogP contribution in [-0.2, 0) is 0 Å². The highest BCUT2D eigenvalue weighted by Gasteiger charge is 2.23. The lowest BCUT2D eigenvalue weighted by Gasteiger charge is -2.29. The van der Waals surface area contributed by atoms with Crippen molar-refractivity contribution in [3.05, 3.63) is 29.6 Å². The Kier molecular flexibility index (Phi) is 5.14. The minimum absolute atomic E-state index is 0.0953. The lowest BCUT2D eigenvalue weighted by molar-refractivity contribution is 0.0905. The summed E-state index contributed by atoms with van der Waals surface area (Å²) in [5.74, 6) is 6.10. The zero-order chi connectivity index (χ0) is 14.4. The van der Waals surface area contributed by atoms with Crippen LogP contribution in [0.15, 0.2) is 18.3 Å². The molecular formula is C16H21N3O. The van der Waals surface area contributed by atoms with Crippen molar-refractivity contribution in [2.75, 3.05) is 6.54 Å². The number of carbonyl (C=O) groups excluding carboxylic acids is 1. The van der Waals surface area contributed by atoms with Crippen LogP contribution in [-0.4, -0.2) is 23.5 Å². The number of nitrogens with two attached hydrogens (primary N) is 1. The fourth-order valence-corrected chi connectivity index (χ4v) is 2.53. The van der Waals surface area contributed by atoms with Crippen molar-refractivity contribution in [3.8, 4) is 11.8 Å². The highest BCUT2D eigenvalue weighted by molar-refractivity contribution is 5.92. The number of hydrogen-bond donors (Lipinski definition) is 2. The SMILES string of the molecule is CC1CCCCC1NC(=O)c1ccc(C#CCN)cn1. The van der Waals surface area contributed by atoms with Gasteiger partial charge in [-0.3, -0.25) is 4.79 Å². The Hall–Kier alpha value is -1.86. The molecule has 20 heavy (non-hydrogen) atoms. The number of aromatic nitrogens is 1. The fraction of sp³-hybridized carbons (Fsp3) is 0.500. The fourth-order valence-electron chi connectivity index (χ4n) is 2.53. The second kappa shape index (κ2) is 7.06. The molecule has 1 aliphatic carbocycles. The molecule has 2 rings (SSSR count). The van der Waals surface area contributed by atoms with E-state index in [-0.39, 0.29) is 11.9 Å². The van der Waals surface area contributed by atoms with Gasteiger partial charge in [-0.15, -0.1) is 0 Å². The van der Waals surface area contributed by atoms with Crippen LogP contribution in [0.1, 0.15) is 48.7 Å². The van der Waals surface area contributed by atoms with Crippen molar-refractivity contribution in [2.45, 2.75) is 38.6 Å². The van der Waals surface area contributed by atoms with Crippen LogP contribution in [0.4, 0.5) is 0 Å².